The molecule has 1 heterocycles. The standard InChI is InChI=1S/C19H24N2/c1-2-18-15-21(13-12-16-8-4-3-5-9-16)19-11-7-6-10-17(19)14-20-18/h3-11,18,20H,2,12-15H2,1H3. The summed E-state index contributed by atoms with van der Waals surface area (Å²) in [4.78, 5) is 2.55. The quantitative estimate of drug-likeness (QED) is 0.920. The van der Waals surface area contributed by atoms with E-state index in [1.807, 2.05) is 0 Å². The lowest BCUT2D eigenvalue weighted by molar-refractivity contribution is 0.503. The van der Waals surface area contributed by atoms with Crippen LogP contribution in [-0.4, -0.2) is 19.1 Å². The van der Waals surface area contributed by atoms with Gasteiger partial charge in [0, 0.05) is 31.4 Å². The van der Waals surface area contributed by atoms with Gasteiger partial charge in [-0.05, 0) is 30.0 Å². The molecule has 0 aliphatic carbocycles. The van der Waals surface area contributed by atoms with Crippen molar-refractivity contribution < 1.29 is 0 Å². The van der Waals surface area contributed by atoms with Crippen LogP contribution in [0.1, 0.15) is 24.5 Å². The fourth-order valence-electron chi connectivity index (χ4n) is 3.05. The number of hydrogen-bond acceptors (Lipinski definition) is 2. The Bertz CT molecular complexity index is 565. The van der Waals surface area contributed by atoms with Crippen LogP contribution < -0.4 is 10.2 Å². The molecule has 1 aliphatic rings. The number of rotatable bonds is 4. The molecule has 0 amide bonds. The minimum atomic E-state index is 0.577. The van der Waals surface area contributed by atoms with E-state index in [-0.39, 0.29) is 0 Å². The third-order valence-corrected chi connectivity index (χ3v) is 4.36. The summed E-state index contributed by atoms with van der Waals surface area (Å²) in [7, 11) is 0. The second-order valence-corrected chi connectivity index (χ2v) is 5.80. The van der Waals surface area contributed by atoms with Gasteiger partial charge in [0.05, 0.1) is 0 Å². The maximum atomic E-state index is 3.67. The molecular formula is C19H24N2. The zero-order valence-corrected chi connectivity index (χ0v) is 12.8. The van der Waals surface area contributed by atoms with Crippen LogP contribution in [0.5, 0.6) is 0 Å². The molecule has 2 heteroatoms. The maximum Gasteiger partial charge on any atom is 0.0412 e. The SMILES string of the molecule is CCC1CN(CCc2ccccc2)c2ccccc2CN1. The van der Waals surface area contributed by atoms with Gasteiger partial charge in [-0.15, -0.1) is 0 Å². The summed E-state index contributed by atoms with van der Waals surface area (Å²) < 4.78 is 0. The molecule has 1 N–H and O–H groups in total. The highest BCUT2D eigenvalue weighted by molar-refractivity contribution is 5.54. The summed E-state index contributed by atoms with van der Waals surface area (Å²) in [6.45, 7) is 5.43. The summed E-state index contributed by atoms with van der Waals surface area (Å²) in [5, 5.41) is 3.67. The molecule has 2 aromatic rings. The fourth-order valence-corrected chi connectivity index (χ4v) is 3.05. The summed E-state index contributed by atoms with van der Waals surface area (Å²) in [5.41, 5.74) is 4.23. The van der Waals surface area contributed by atoms with Crippen molar-refractivity contribution in [3.8, 4) is 0 Å². The van der Waals surface area contributed by atoms with E-state index in [0.717, 1.165) is 26.1 Å². The van der Waals surface area contributed by atoms with Crippen LogP contribution in [0, 0.1) is 0 Å². The predicted octanol–water partition coefficient (Wildman–Crippen LogP) is 3.62. The molecule has 21 heavy (non-hydrogen) atoms. The van der Waals surface area contributed by atoms with Gasteiger partial charge < -0.3 is 10.2 Å². The molecule has 1 atom stereocenters. The first-order valence-corrected chi connectivity index (χ1v) is 7.97. The van der Waals surface area contributed by atoms with Crippen molar-refractivity contribution >= 4 is 5.69 Å². The van der Waals surface area contributed by atoms with E-state index >= 15 is 0 Å². The van der Waals surface area contributed by atoms with Crippen molar-refractivity contribution in [1.82, 2.24) is 5.32 Å². The zero-order valence-electron chi connectivity index (χ0n) is 12.8. The van der Waals surface area contributed by atoms with Gasteiger partial charge in [-0.1, -0.05) is 55.5 Å². The molecule has 0 aromatic heterocycles. The van der Waals surface area contributed by atoms with E-state index < -0.39 is 0 Å². The molecule has 1 aliphatic heterocycles. The zero-order chi connectivity index (χ0) is 14.5. The number of benzene rings is 2. The molecule has 3 rings (SSSR count). The first kappa shape index (κ1) is 14.2. The maximum absolute atomic E-state index is 3.67. The Labute approximate surface area is 127 Å². The largest absolute Gasteiger partial charge is 0.369 e. The lowest BCUT2D eigenvalue weighted by atomic mass is 10.1. The van der Waals surface area contributed by atoms with Gasteiger partial charge in [-0.3, -0.25) is 0 Å². The minimum Gasteiger partial charge on any atom is -0.369 e. The molecule has 0 fully saturated rings. The highest BCUT2D eigenvalue weighted by Crippen LogP contribution is 2.24. The molecule has 2 nitrogen and oxygen atoms in total. The van der Waals surface area contributed by atoms with E-state index in [1.54, 1.807) is 0 Å². The molecule has 0 bridgehead atoms. The average Bonchev–Trinajstić information content (AvgIpc) is 2.73. The molecule has 110 valence electrons. The number of hydrogen-bond donors (Lipinski definition) is 1. The highest BCUT2D eigenvalue weighted by atomic mass is 15.2. The van der Waals surface area contributed by atoms with Crippen molar-refractivity contribution in [2.24, 2.45) is 0 Å². The van der Waals surface area contributed by atoms with Crippen LogP contribution in [0.15, 0.2) is 54.6 Å². The van der Waals surface area contributed by atoms with E-state index in [1.165, 1.54) is 23.2 Å². The molecule has 0 spiro atoms. The van der Waals surface area contributed by atoms with Crippen LogP contribution in [-0.2, 0) is 13.0 Å². The Hall–Kier alpha value is -1.80. The highest BCUT2D eigenvalue weighted by Gasteiger charge is 2.19. The Morgan fingerprint density at radius 2 is 1.81 bits per heavy atom. The van der Waals surface area contributed by atoms with Crippen LogP contribution in [0.25, 0.3) is 0 Å². The van der Waals surface area contributed by atoms with Gasteiger partial charge in [-0.2, -0.15) is 0 Å². The topological polar surface area (TPSA) is 15.3 Å². The number of anilines is 1. The molecule has 0 saturated heterocycles. The van der Waals surface area contributed by atoms with E-state index in [0.29, 0.717) is 6.04 Å². The second kappa shape index (κ2) is 6.77. The average molecular weight is 280 g/mol. The van der Waals surface area contributed by atoms with Gasteiger partial charge in [0.15, 0.2) is 0 Å². The van der Waals surface area contributed by atoms with Gasteiger partial charge in [0.25, 0.3) is 0 Å². The first-order valence-electron chi connectivity index (χ1n) is 7.97. The van der Waals surface area contributed by atoms with Crippen LogP contribution >= 0.6 is 0 Å². The first-order chi connectivity index (χ1) is 10.4. The van der Waals surface area contributed by atoms with Gasteiger partial charge in [0.1, 0.15) is 0 Å². The third-order valence-electron chi connectivity index (χ3n) is 4.36. The summed E-state index contributed by atoms with van der Waals surface area (Å²) in [6.07, 6.45) is 2.28. The Kier molecular flexibility index (Phi) is 4.56. The minimum absolute atomic E-state index is 0.577. The number of fused-ring (bicyclic) bond motifs is 1. The lowest BCUT2D eigenvalue weighted by Gasteiger charge is -2.27. The van der Waals surface area contributed by atoms with E-state index in [9.17, 15) is 0 Å². The van der Waals surface area contributed by atoms with Gasteiger partial charge >= 0.3 is 0 Å². The molecule has 0 saturated carbocycles. The summed E-state index contributed by atoms with van der Waals surface area (Å²) in [6, 6.07) is 20.2. The van der Waals surface area contributed by atoms with Crippen LogP contribution in [0.2, 0.25) is 0 Å². The monoisotopic (exact) mass is 280 g/mol. The molecule has 0 radical (unpaired) electrons. The fraction of sp³-hybridized carbons (Fsp3) is 0.368. The Morgan fingerprint density at radius 1 is 1.05 bits per heavy atom. The molecule has 2 aromatic carbocycles. The Balaban J connectivity index is 1.77. The van der Waals surface area contributed by atoms with Crippen LogP contribution in [0.4, 0.5) is 5.69 Å². The van der Waals surface area contributed by atoms with Crippen molar-refractivity contribution in [2.75, 3.05) is 18.0 Å². The van der Waals surface area contributed by atoms with Crippen LogP contribution in [0.3, 0.4) is 0 Å². The third kappa shape index (κ3) is 3.45. The van der Waals surface area contributed by atoms with Crippen molar-refractivity contribution in [2.45, 2.75) is 32.4 Å². The predicted molar refractivity (Wildman–Crippen MR) is 89.7 cm³/mol. The summed E-state index contributed by atoms with van der Waals surface area (Å²) in [5.74, 6) is 0. The second-order valence-electron chi connectivity index (χ2n) is 5.80. The van der Waals surface area contributed by atoms with E-state index in [2.05, 4.69) is 71.7 Å². The molecular weight excluding hydrogens is 256 g/mol. The number of nitrogens with one attached hydrogen (secondary N) is 1. The Morgan fingerprint density at radius 3 is 2.62 bits per heavy atom. The van der Waals surface area contributed by atoms with Gasteiger partial charge in [0.2, 0.25) is 0 Å². The number of para-hydroxylation sites is 1. The molecule has 1 unspecified atom stereocenters. The van der Waals surface area contributed by atoms with Crippen molar-refractivity contribution in [1.29, 1.82) is 0 Å². The lowest BCUT2D eigenvalue weighted by Crippen LogP contribution is -2.38. The number of nitrogens with zero attached hydrogens (tertiary/aromatic N) is 1. The van der Waals surface area contributed by atoms with Crippen molar-refractivity contribution in [3.05, 3.63) is 65.7 Å². The normalized spacial score (nSPS) is 18.1. The van der Waals surface area contributed by atoms with E-state index in [4.69, 9.17) is 0 Å². The van der Waals surface area contributed by atoms with Crippen molar-refractivity contribution in [3.63, 3.8) is 0 Å². The van der Waals surface area contributed by atoms with Gasteiger partial charge in [-0.25, -0.2) is 0 Å². The smallest absolute Gasteiger partial charge is 0.0412 e. The summed E-state index contributed by atoms with van der Waals surface area (Å²) >= 11 is 0.